The van der Waals surface area contributed by atoms with Crippen molar-refractivity contribution >= 4 is 35.1 Å². The van der Waals surface area contributed by atoms with Gasteiger partial charge in [-0.3, -0.25) is 9.69 Å². The van der Waals surface area contributed by atoms with Crippen molar-refractivity contribution in [3.8, 4) is 5.75 Å². The van der Waals surface area contributed by atoms with Crippen LogP contribution in [0.15, 0.2) is 30.3 Å². The maximum absolute atomic E-state index is 15.0. The molecule has 3 aliphatic rings. The number of carbonyl (C=O) groups is 2. The van der Waals surface area contributed by atoms with E-state index in [9.17, 15) is 19.1 Å². The third-order valence-electron chi connectivity index (χ3n) is 7.51. The van der Waals surface area contributed by atoms with Gasteiger partial charge in [-0.1, -0.05) is 30.1 Å². The van der Waals surface area contributed by atoms with Gasteiger partial charge in [-0.05, 0) is 84.7 Å². The molecule has 198 valence electrons. The van der Waals surface area contributed by atoms with Crippen LogP contribution >= 0.6 is 23.2 Å². The molecule has 5 rings (SSSR count). The Kier molecular flexibility index (Phi) is 7.40. The number of carbonyl (C=O) groups excluding carboxylic acids is 1. The Morgan fingerprint density at radius 1 is 1.14 bits per heavy atom. The van der Waals surface area contributed by atoms with Gasteiger partial charge in [0.1, 0.15) is 17.6 Å². The summed E-state index contributed by atoms with van der Waals surface area (Å²) in [6.07, 6.45) is 4.25. The summed E-state index contributed by atoms with van der Waals surface area (Å²) >= 11 is 12.2. The van der Waals surface area contributed by atoms with Gasteiger partial charge in [-0.15, -0.1) is 0 Å². The molecule has 37 heavy (non-hydrogen) atoms. The first-order valence-corrected chi connectivity index (χ1v) is 13.5. The molecule has 2 aliphatic carbocycles. The maximum Gasteiger partial charge on any atom is 0.326 e. The number of halogens is 3. The first-order valence-electron chi connectivity index (χ1n) is 12.8. The van der Waals surface area contributed by atoms with Gasteiger partial charge in [0.15, 0.2) is 0 Å². The number of rotatable bonds is 11. The normalized spacial score (nSPS) is 19.7. The lowest BCUT2D eigenvalue weighted by Gasteiger charge is -2.48. The minimum absolute atomic E-state index is 0.0814. The standard InChI is InChI=1S/C28H31Cl2FN2O4/c1-28(14-33(15-28)13-16-8-19(29)10-20(30)9-16)6-7-37-24-12-23(31)22(11-21(24)17-2-3-17)26(34)32-25(27(35)36)18-4-5-18/h8-12,17-18,25H,2-7,13-15H2,1H3,(H,32,34)(H,35,36). The van der Waals surface area contributed by atoms with Crippen molar-refractivity contribution in [2.75, 3.05) is 19.7 Å². The highest BCUT2D eigenvalue weighted by atomic mass is 35.5. The third-order valence-corrected chi connectivity index (χ3v) is 7.95. The fourth-order valence-electron chi connectivity index (χ4n) is 5.28. The van der Waals surface area contributed by atoms with Crippen LogP contribution in [0.2, 0.25) is 10.0 Å². The number of benzene rings is 2. The molecule has 2 N–H and O–H groups in total. The molecule has 2 aromatic carbocycles. The number of likely N-dealkylation sites (tertiary alicyclic amines) is 1. The topological polar surface area (TPSA) is 78.9 Å². The van der Waals surface area contributed by atoms with Gasteiger partial charge in [-0.25, -0.2) is 9.18 Å². The molecular weight excluding hydrogens is 518 g/mol. The van der Waals surface area contributed by atoms with E-state index in [2.05, 4.69) is 17.1 Å². The third kappa shape index (κ3) is 6.39. The predicted molar refractivity (Wildman–Crippen MR) is 140 cm³/mol. The van der Waals surface area contributed by atoms with Crippen LogP contribution in [0.5, 0.6) is 5.75 Å². The number of ether oxygens (including phenoxy) is 1. The molecular formula is C28H31Cl2FN2O4. The highest BCUT2D eigenvalue weighted by Gasteiger charge is 2.39. The van der Waals surface area contributed by atoms with Crippen LogP contribution in [0.25, 0.3) is 0 Å². The summed E-state index contributed by atoms with van der Waals surface area (Å²) in [6.45, 7) is 5.26. The molecule has 0 bridgehead atoms. The van der Waals surface area contributed by atoms with E-state index in [4.69, 9.17) is 27.9 Å². The van der Waals surface area contributed by atoms with Crippen molar-refractivity contribution < 1.29 is 23.8 Å². The lowest BCUT2D eigenvalue weighted by Crippen LogP contribution is -2.54. The smallest absolute Gasteiger partial charge is 0.326 e. The summed E-state index contributed by atoms with van der Waals surface area (Å²) < 4.78 is 21.0. The average molecular weight is 549 g/mol. The van der Waals surface area contributed by atoms with Gasteiger partial charge >= 0.3 is 5.97 Å². The second-order valence-corrected chi connectivity index (χ2v) is 12.0. The van der Waals surface area contributed by atoms with Gasteiger partial charge in [0.25, 0.3) is 5.91 Å². The quantitative estimate of drug-likeness (QED) is 0.365. The summed E-state index contributed by atoms with van der Waals surface area (Å²) in [5.41, 5.74) is 1.87. The molecule has 2 saturated carbocycles. The Morgan fingerprint density at radius 3 is 2.41 bits per heavy atom. The lowest BCUT2D eigenvalue weighted by molar-refractivity contribution is -0.139. The minimum Gasteiger partial charge on any atom is -0.493 e. The van der Waals surface area contributed by atoms with E-state index in [0.717, 1.165) is 62.9 Å². The largest absolute Gasteiger partial charge is 0.493 e. The van der Waals surface area contributed by atoms with Crippen molar-refractivity contribution in [1.82, 2.24) is 10.2 Å². The fraction of sp³-hybridized carbons (Fsp3) is 0.500. The van der Waals surface area contributed by atoms with Crippen LogP contribution in [0.1, 0.15) is 66.4 Å². The van der Waals surface area contributed by atoms with Gasteiger partial charge in [0.05, 0.1) is 12.2 Å². The summed E-state index contributed by atoms with van der Waals surface area (Å²) in [4.78, 5) is 26.6. The fourth-order valence-corrected chi connectivity index (χ4v) is 5.86. The maximum atomic E-state index is 15.0. The number of amides is 1. The summed E-state index contributed by atoms with van der Waals surface area (Å²) in [5.74, 6) is -1.84. The van der Waals surface area contributed by atoms with Crippen molar-refractivity contribution in [2.24, 2.45) is 11.3 Å². The first-order chi connectivity index (χ1) is 17.6. The second kappa shape index (κ2) is 10.4. The number of nitrogens with zero attached hydrogens (tertiary/aromatic N) is 1. The number of carboxylic acid groups (broad SMARTS) is 1. The Hall–Kier alpha value is -2.35. The lowest BCUT2D eigenvalue weighted by atomic mass is 9.79. The summed E-state index contributed by atoms with van der Waals surface area (Å²) in [7, 11) is 0. The van der Waals surface area contributed by atoms with Crippen molar-refractivity contribution in [3.05, 3.63) is 62.9 Å². The van der Waals surface area contributed by atoms with E-state index < -0.39 is 23.7 Å². The molecule has 1 heterocycles. The number of carboxylic acids is 1. The van der Waals surface area contributed by atoms with Crippen LogP contribution in [-0.2, 0) is 11.3 Å². The average Bonchev–Trinajstić information content (AvgIpc) is 3.69. The minimum atomic E-state index is -1.09. The summed E-state index contributed by atoms with van der Waals surface area (Å²) in [6, 6.07) is 7.43. The molecule has 3 fully saturated rings. The van der Waals surface area contributed by atoms with E-state index in [1.807, 2.05) is 12.1 Å². The van der Waals surface area contributed by atoms with E-state index in [0.29, 0.717) is 22.4 Å². The summed E-state index contributed by atoms with van der Waals surface area (Å²) in [5, 5.41) is 13.2. The molecule has 2 aromatic rings. The van der Waals surface area contributed by atoms with Crippen LogP contribution in [0, 0.1) is 17.2 Å². The number of nitrogens with one attached hydrogen (secondary N) is 1. The SMILES string of the molecule is CC1(CCOc2cc(F)c(C(=O)NC(C(=O)O)C3CC3)cc2C2CC2)CN(Cc2cc(Cl)cc(Cl)c2)C1. The highest BCUT2D eigenvalue weighted by Crippen LogP contribution is 2.45. The number of hydrogen-bond donors (Lipinski definition) is 2. The van der Waals surface area contributed by atoms with Crippen LogP contribution in [0.3, 0.4) is 0 Å². The van der Waals surface area contributed by atoms with Crippen LogP contribution < -0.4 is 10.1 Å². The molecule has 1 aliphatic heterocycles. The van der Waals surface area contributed by atoms with Crippen molar-refractivity contribution in [2.45, 2.75) is 57.5 Å². The van der Waals surface area contributed by atoms with Gasteiger partial charge in [-0.2, -0.15) is 0 Å². The van der Waals surface area contributed by atoms with Crippen molar-refractivity contribution in [1.29, 1.82) is 0 Å². The zero-order valence-electron chi connectivity index (χ0n) is 20.7. The number of aliphatic carboxylic acids is 1. The molecule has 0 aromatic heterocycles. The van der Waals surface area contributed by atoms with Gasteiger partial charge < -0.3 is 15.2 Å². The molecule has 1 unspecified atom stereocenters. The van der Waals surface area contributed by atoms with Crippen molar-refractivity contribution in [3.63, 3.8) is 0 Å². The van der Waals surface area contributed by atoms with E-state index >= 15 is 0 Å². The highest BCUT2D eigenvalue weighted by molar-refractivity contribution is 6.34. The molecule has 0 radical (unpaired) electrons. The predicted octanol–water partition coefficient (Wildman–Crippen LogP) is 5.89. The Bertz CT molecular complexity index is 1190. The van der Waals surface area contributed by atoms with Gasteiger partial charge in [0.2, 0.25) is 0 Å². The van der Waals surface area contributed by atoms with E-state index in [-0.39, 0.29) is 22.8 Å². The van der Waals surface area contributed by atoms with Gasteiger partial charge in [0, 0.05) is 35.7 Å². The Morgan fingerprint density at radius 2 is 1.81 bits per heavy atom. The monoisotopic (exact) mass is 548 g/mol. The van der Waals surface area contributed by atoms with Crippen LogP contribution in [-0.4, -0.2) is 47.6 Å². The Balaban J connectivity index is 1.17. The molecule has 0 spiro atoms. The number of hydrogen-bond acceptors (Lipinski definition) is 4. The molecule has 1 saturated heterocycles. The van der Waals surface area contributed by atoms with Crippen LogP contribution in [0.4, 0.5) is 4.39 Å². The first kappa shape index (κ1) is 26.3. The molecule has 1 atom stereocenters. The second-order valence-electron chi connectivity index (χ2n) is 11.1. The zero-order valence-corrected chi connectivity index (χ0v) is 22.2. The molecule has 1 amide bonds. The zero-order chi connectivity index (χ0) is 26.3. The molecule has 9 heteroatoms. The van der Waals surface area contributed by atoms with E-state index in [1.54, 1.807) is 12.1 Å². The molecule has 6 nitrogen and oxygen atoms in total. The Labute approximate surface area is 226 Å². The van der Waals surface area contributed by atoms with E-state index in [1.165, 1.54) is 6.07 Å².